The first-order valence-electron chi connectivity index (χ1n) is 5.60. The highest BCUT2D eigenvalue weighted by atomic mass is 16.5. The molecule has 0 heterocycles. The molecule has 0 radical (unpaired) electrons. The summed E-state index contributed by atoms with van der Waals surface area (Å²) in [6, 6.07) is 0.0761. The van der Waals surface area contributed by atoms with Gasteiger partial charge in [-0.15, -0.1) is 0 Å². The molecule has 0 amide bonds. The molecule has 0 fully saturated rings. The number of nitrogens with two attached hydrogens (primary N) is 1. The van der Waals surface area contributed by atoms with Gasteiger partial charge in [-0.25, -0.2) is 0 Å². The topological polar surface area (TPSA) is 44.5 Å². The smallest absolute Gasteiger partial charge is 0.0707 e. The predicted octanol–water partition coefficient (Wildman–Crippen LogP) is 2.19. The molecule has 0 saturated heterocycles. The molecule has 0 aromatic heterocycles. The van der Waals surface area contributed by atoms with E-state index in [2.05, 4.69) is 20.8 Å². The third-order valence-corrected chi connectivity index (χ3v) is 2.17. The lowest BCUT2D eigenvalue weighted by molar-refractivity contribution is -0.0393. The first kappa shape index (κ1) is 14.9. The Hall–Kier alpha value is -0.120. The molecule has 1 atom stereocenters. The molecule has 0 bridgehead atoms. The van der Waals surface area contributed by atoms with Gasteiger partial charge in [0.25, 0.3) is 0 Å². The van der Waals surface area contributed by atoms with Crippen LogP contribution in [0, 0.1) is 5.41 Å². The molecular weight excluding hydrogens is 190 g/mol. The van der Waals surface area contributed by atoms with E-state index in [-0.39, 0.29) is 17.1 Å². The second-order valence-corrected chi connectivity index (χ2v) is 6.01. The Morgan fingerprint density at radius 1 is 1.00 bits per heavy atom. The molecular formula is C12H27NO2. The van der Waals surface area contributed by atoms with Gasteiger partial charge in [-0.3, -0.25) is 0 Å². The first-order valence-corrected chi connectivity index (χ1v) is 5.60. The maximum absolute atomic E-state index is 5.95. The van der Waals surface area contributed by atoms with E-state index < -0.39 is 0 Å². The summed E-state index contributed by atoms with van der Waals surface area (Å²) in [5.41, 5.74) is 5.97. The van der Waals surface area contributed by atoms with Crippen LogP contribution in [0.2, 0.25) is 0 Å². The van der Waals surface area contributed by atoms with E-state index in [1.165, 1.54) is 0 Å². The lowest BCUT2D eigenvalue weighted by Gasteiger charge is -2.27. The fourth-order valence-electron chi connectivity index (χ4n) is 0.867. The minimum Gasteiger partial charge on any atom is -0.377 e. The Labute approximate surface area is 94.3 Å². The van der Waals surface area contributed by atoms with Gasteiger partial charge >= 0.3 is 0 Å². The van der Waals surface area contributed by atoms with Gasteiger partial charge in [0.1, 0.15) is 0 Å². The molecule has 0 aliphatic rings. The van der Waals surface area contributed by atoms with Crippen molar-refractivity contribution in [1.29, 1.82) is 0 Å². The van der Waals surface area contributed by atoms with Crippen LogP contribution in [-0.4, -0.2) is 31.5 Å². The van der Waals surface area contributed by atoms with Crippen LogP contribution in [0.25, 0.3) is 0 Å². The number of hydrogen-bond donors (Lipinski definition) is 1. The molecule has 3 nitrogen and oxygen atoms in total. The van der Waals surface area contributed by atoms with E-state index in [0.717, 1.165) is 0 Å². The zero-order chi connectivity index (χ0) is 12.1. The van der Waals surface area contributed by atoms with Crippen LogP contribution in [0.15, 0.2) is 0 Å². The van der Waals surface area contributed by atoms with Crippen LogP contribution in [0.3, 0.4) is 0 Å². The van der Waals surface area contributed by atoms with E-state index in [0.29, 0.717) is 19.8 Å². The largest absolute Gasteiger partial charge is 0.377 e. The standard InChI is InChI=1S/C12H27NO2/c1-11(2,3)10(13)9-14-7-8-15-12(4,5)6/h10H,7-9,13H2,1-6H3. The minimum absolute atomic E-state index is 0.0761. The number of ether oxygens (including phenoxy) is 2. The van der Waals surface area contributed by atoms with E-state index >= 15 is 0 Å². The van der Waals surface area contributed by atoms with Crippen LogP contribution in [0.5, 0.6) is 0 Å². The lowest BCUT2D eigenvalue weighted by Crippen LogP contribution is -2.39. The second-order valence-electron chi connectivity index (χ2n) is 6.01. The molecule has 92 valence electrons. The Bertz CT molecular complexity index is 167. The molecule has 2 N–H and O–H groups in total. The molecule has 0 saturated carbocycles. The molecule has 0 spiro atoms. The van der Waals surface area contributed by atoms with Crippen LogP contribution in [0.1, 0.15) is 41.5 Å². The summed E-state index contributed by atoms with van der Waals surface area (Å²) in [7, 11) is 0. The number of rotatable bonds is 5. The molecule has 15 heavy (non-hydrogen) atoms. The van der Waals surface area contributed by atoms with Gasteiger partial charge in [-0.2, -0.15) is 0 Å². The molecule has 0 aliphatic carbocycles. The summed E-state index contributed by atoms with van der Waals surface area (Å²) < 4.78 is 11.0. The van der Waals surface area contributed by atoms with Crippen molar-refractivity contribution in [2.75, 3.05) is 19.8 Å². The van der Waals surface area contributed by atoms with Crippen molar-refractivity contribution in [3.63, 3.8) is 0 Å². The summed E-state index contributed by atoms with van der Waals surface area (Å²) in [5, 5.41) is 0. The van der Waals surface area contributed by atoms with Gasteiger partial charge in [0.05, 0.1) is 25.4 Å². The van der Waals surface area contributed by atoms with Gasteiger partial charge in [0.15, 0.2) is 0 Å². The number of hydrogen-bond acceptors (Lipinski definition) is 3. The monoisotopic (exact) mass is 217 g/mol. The zero-order valence-corrected chi connectivity index (χ0v) is 11.1. The van der Waals surface area contributed by atoms with Gasteiger partial charge in [0, 0.05) is 6.04 Å². The third-order valence-electron chi connectivity index (χ3n) is 2.17. The average Bonchev–Trinajstić information content (AvgIpc) is 1.99. The Balaban J connectivity index is 3.48. The fourth-order valence-corrected chi connectivity index (χ4v) is 0.867. The first-order chi connectivity index (χ1) is 6.63. The van der Waals surface area contributed by atoms with E-state index in [1.54, 1.807) is 0 Å². The summed E-state index contributed by atoms with van der Waals surface area (Å²) in [6.45, 7) is 14.3. The molecule has 0 rings (SSSR count). The van der Waals surface area contributed by atoms with Crippen LogP contribution < -0.4 is 5.73 Å². The maximum Gasteiger partial charge on any atom is 0.0707 e. The average molecular weight is 217 g/mol. The Morgan fingerprint density at radius 2 is 1.53 bits per heavy atom. The highest BCUT2D eigenvalue weighted by Crippen LogP contribution is 2.17. The predicted molar refractivity (Wildman–Crippen MR) is 64.0 cm³/mol. The molecule has 0 aliphatic heterocycles. The van der Waals surface area contributed by atoms with E-state index in [9.17, 15) is 0 Å². The van der Waals surface area contributed by atoms with Crippen molar-refractivity contribution >= 4 is 0 Å². The maximum atomic E-state index is 5.95. The van der Waals surface area contributed by atoms with Crippen molar-refractivity contribution < 1.29 is 9.47 Å². The molecule has 0 aromatic rings. The van der Waals surface area contributed by atoms with Crippen LogP contribution in [-0.2, 0) is 9.47 Å². The molecule has 1 unspecified atom stereocenters. The SMILES string of the molecule is CC(C)(C)OCCOCC(N)C(C)(C)C. The summed E-state index contributed by atoms with van der Waals surface area (Å²) >= 11 is 0. The van der Waals surface area contributed by atoms with Crippen molar-refractivity contribution in [3.05, 3.63) is 0 Å². The quantitative estimate of drug-likeness (QED) is 0.718. The fraction of sp³-hybridized carbons (Fsp3) is 1.00. The second kappa shape index (κ2) is 5.83. The summed E-state index contributed by atoms with van der Waals surface area (Å²) in [4.78, 5) is 0. The van der Waals surface area contributed by atoms with Crippen molar-refractivity contribution in [3.8, 4) is 0 Å². The highest BCUT2D eigenvalue weighted by molar-refractivity contribution is 4.76. The van der Waals surface area contributed by atoms with Crippen LogP contribution in [0.4, 0.5) is 0 Å². The van der Waals surface area contributed by atoms with Crippen molar-refractivity contribution in [2.45, 2.75) is 53.2 Å². The normalized spacial score (nSPS) is 15.4. The third kappa shape index (κ3) is 8.85. The lowest BCUT2D eigenvalue weighted by atomic mass is 9.88. The van der Waals surface area contributed by atoms with E-state index in [4.69, 9.17) is 15.2 Å². The molecule has 0 aromatic carbocycles. The Morgan fingerprint density at radius 3 is 1.93 bits per heavy atom. The summed E-state index contributed by atoms with van der Waals surface area (Å²) in [5.74, 6) is 0. The van der Waals surface area contributed by atoms with Gasteiger partial charge in [0.2, 0.25) is 0 Å². The van der Waals surface area contributed by atoms with Gasteiger partial charge in [-0.05, 0) is 26.2 Å². The zero-order valence-electron chi connectivity index (χ0n) is 11.1. The van der Waals surface area contributed by atoms with Gasteiger partial charge < -0.3 is 15.2 Å². The van der Waals surface area contributed by atoms with Crippen molar-refractivity contribution in [1.82, 2.24) is 0 Å². The van der Waals surface area contributed by atoms with E-state index in [1.807, 2.05) is 20.8 Å². The van der Waals surface area contributed by atoms with Crippen molar-refractivity contribution in [2.24, 2.45) is 11.1 Å². The summed E-state index contributed by atoms with van der Waals surface area (Å²) in [6.07, 6.45) is 0. The van der Waals surface area contributed by atoms with Crippen LogP contribution >= 0.6 is 0 Å². The highest BCUT2D eigenvalue weighted by Gasteiger charge is 2.20. The minimum atomic E-state index is -0.0878. The van der Waals surface area contributed by atoms with Gasteiger partial charge in [-0.1, -0.05) is 20.8 Å². The Kier molecular flexibility index (Phi) is 5.78. The molecule has 3 heteroatoms.